The summed E-state index contributed by atoms with van der Waals surface area (Å²) in [5.74, 6) is 0.581. The van der Waals surface area contributed by atoms with Crippen molar-refractivity contribution >= 4 is 5.82 Å². The van der Waals surface area contributed by atoms with Gasteiger partial charge in [0.1, 0.15) is 5.82 Å². The first-order valence-electron chi connectivity index (χ1n) is 7.16. The third kappa shape index (κ3) is 4.35. The Hall–Kier alpha value is -1.87. The van der Waals surface area contributed by atoms with E-state index in [2.05, 4.69) is 54.5 Å². The lowest BCUT2D eigenvalue weighted by Gasteiger charge is -2.20. The number of rotatable bonds is 6. The average Bonchev–Trinajstić information content (AvgIpc) is 2.47. The minimum absolute atomic E-state index is 0.371. The summed E-state index contributed by atoms with van der Waals surface area (Å²) in [6.07, 6.45) is 3.97. The normalized spacial score (nSPS) is 13.9. The van der Waals surface area contributed by atoms with Gasteiger partial charge in [0, 0.05) is 18.3 Å². The molecule has 0 saturated heterocycles. The van der Waals surface area contributed by atoms with E-state index in [1.54, 1.807) is 0 Å². The van der Waals surface area contributed by atoms with Gasteiger partial charge in [0.05, 0.1) is 0 Å². The lowest BCUT2D eigenvalue weighted by atomic mass is 10.0. The van der Waals surface area contributed by atoms with Gasteiger partial charge in [-0.05, 0) is 43.9 Å². The molecule has 3 N–H and O–H groups in total. The summed E-state index contributed by atoms with van der Waals surface area (Å²) < 4.78 is 0. The minimum atomic E-state index is 0.371. The number of nitrogens with zero attached hydrogens (tertiary/aromatic N) is 1. The molecule has 106 valence electrons. The van der Waals surface area contributed by atoms with E-state index in [0.717, 1.165) is 12.8 Å². The summed E-state index contributed by atoms with van der Waals surface area (Å²) in [5.41, 5.74) is 8.15. The summed E-state index contributed by atoms with van der Waals surface area (Å²) in [6.45, 7) is 4.43. The molecule has 1 unspecified atom stereocenters. The summed E-state index contributed by atoms with van der Waals surface area (Å²) in [5, 5.41) is 3.63. The van der Waals surface area contributed by atoms with Crippen molar-refractivity contribution in [1.29, 1.82) is 0 Å². The summed E-state index contributed by atoms with van der Waals surface area (Å²) in [6, 6.07) is 15.3. The summed E-state index contributed by atoms with van der Waals surface area (Å²) >= 11 is 0. The van der Waals surface area contributed by atoms with Gasteiger partial charge in [-0.2, -0.15) is 0 Å². The second-order valence-electron chi connectivity index (χ2n) is 5.33. The molecule has 0 amide bonds. The molecular formula is C17H23N3. The molecule has 0 radical (unpaired) electrons. The summed E-state index contributed by atoms with van der Waals surface area (Å²) in [7, 11) is 0. The Morgan fingerprint density at radius 2 is 1.85 bits per heavy atom. The van der Waals surface area contributed by atoms with E-state index in [9.17, 15) is 0 Å². The van der Waals surface area contributed by atoms with Gasteiger partial charge in [0.15, 0.2) is 0 Å². The van der Waals surface area contributed by atoms with Gasteiger partial charge in [-0.1, -0.05) is 36.4 Å². The smallest absolute Gasteiger partial charge is 0.123 e. The van der Waals surface area contributed by atoms with Crippen LogP contribution in [0, 0.1) is 0 Å². The molecule has 0 aliphatic rings. The maximum Gasteiger partial charge on any atom is 0.123 e. The molecule has 0 aliphatic carbocycles. The minimum Gasteiger partial charge on any atom is -0.384 e. The first-order valence-corrected chi connectivity index (χ1v) is 7.16. The number of pyridine rings is 1. The lowest BCUT2D eigenvalue weighted by molar-refractivity contribution is 0.456. The molecule has 0 fully saturated rings. The number of nitrogens with two attached hydrogens (primary N) is 1. The van der Waals surface area contributed by atoms with Crippen LogP contribution in [0.15, 0.2) is 48.7 Å². The van der Waals surface area contributed by atoms with Crippen LogP contribution in [-0.2, 0) is 6.42 Å². The molecule has 0 spiro atoms. The number of hydrogen-bond acceptors (Lipinski definition) is 3. The molecule has 2 rings (SSSR count). The Morgan fingerprint density at radius 1 is 1.10 bits per heavy atom. The van der Waals surface area contributed by atoms with E-state index in [0.29, 0.717) is 17.9 Å². The topological polar surface area (TPSA) is 50.9 Å². The zero-order chi connectivity index (χ0) is 14.4. The fourth-order valence-electron chi connectivity index (χ4n) is 2.32. The molecule has 1 aromatic heterocycles. The molecule has 2 atom stereocenters. The van der Waals surface area contributed by atoms with Crippen molar-refractivity contribution in [3.63, 3.8) is 0 Å². The van der Waals surface area contributed by atoms with Gasteiger partial charge in [0.25, 0.3) is 0 Å². The van der Waals surface area contributed by atoms with E-state index in [4.69, 9.17) is 5.73 Å². The Morgan fingerprint density at radius 3 is 2.50 bits per heavy atom. The van der Waals surface area contributed by atoms with Crippen molar-refractivity contribution in [3.05, 3.63) is 59.8 Å². The molecule has 0 bridgehead atoms. The third-order valence-electron chi connectivity index (χ3n) is 3.55. The van der Waals surface area contributed by atoms with Gasteiger partial charge in [-0.15, -0.1) is 0 Å². The van der Waals surface area contributed by atoms with Gasteiger partial charge < -0.3 is 11.1 Å². The van der Waals surface area contributed by atoms with Crippen molar-refractivity contribution in [1.82, 2.24) is 10.3 Å². The van der Waals surface area contributed by atoms with Crippen molar-refractivity contribution < 1.29 is 0 Å². The first kappa shape index (κ1) is 14.5. The quantitative estimate of drug-likeness (QED) is 0.845. The van der Waals surface area contributed by atoms with Crippen molar-refractivity contribution in [2.24, 2.45) is 0 Å². The van der Waals surface area contributed by atoms with E-state index in [-0.39, 0.29) is 0 Å². The molecular weight excluding hydrogens is 246 g/mol. The average molecular weight is 269 g/mol. The first-order chi connectivity index (χ1) is 9.65. The predicted octanol–water partition coefficient (Wildman–Crippen LogP) is 3.34. The lowest BCUT2D eigenvalue weighted by Crippen LogP contribution is -2.29. The second kappa shape index (κ2) is 7.06. The van der Waals surface area contributed by atoms with Gasteiger partial charge >= 0.3 is 0 Å². The van der Waals surface area contributed by atoms with E-state index in [1.165, 1.54) is 11.1 Å². The van der Waals surface area contributed by atoms with E-state index < -0.39 is 0 Å². The van der Waals surface area contributed by atoms with Crippen LogP contribution >= 0.6 is 0 Å². The number of aromatic nitrogens is 1. The van der Waals surface area contributed by atoms with E-state index in [1.807, 2.05) is 18.3 Å². The van der Waals surface area contributed by atoms with Crippen LogP contribution in [0.4, 0.5) is 5.82 Å². The number of aryl methyl sites for hydroxylation is 1. The van der Waals surface area contributed by atoms with Crippen LogP contribution in [0.2, 0.25) is 0 Å². The number of nitrogens with one attached hydrogen (secondary N) is 1. The molecule has 3 heteroatoms. The largest absolute Gasteiger partial charge is 0.384 e. The third-order valence-corrected chi connectivity index (χ3v) is 3.55. The molecule has 20 heavy (non-hydrogen) atoms. The number of hydrogen-bond donors (Lipinski definition) is 2. The van der Waals surface area contributed by atoms with Gasteiger partial charge in [-0.3, -0.25) is 0 Å². The highest BCUT2D eigenvalue weighted by molar-refractivity contribution is 5.29. The number of benzene rings is 1. The molecule has 1 aromatic carbocycles. The highest BCUT2D eigenvalue weighted by atomic mass is 14.9. The molecule has 0 aliphatic heterocycles. The van der Waals surface area contributed by atoms with Crippen molar-refractivity contribution in [2.45, 2.75) is 38.8 Å². The van der Waals surface area contributed by atoms with Crippen molar-refractivity contribution in [3.8, 4) is 0 Å². The van der Waals surface area contributed by atoms with Gasteiger partial charge in [0.2, 0.25) is 0 Å². The molecule has 2 aromatic rings. The molecule has 3 nitrogen and oxygen atoms in total. The molecule has 1 heterocycles. The van der Waals surface area contributed by atoms with Crippen LogP contribution in [-0.4, -0.2) is 11.0 Å². The SMILES string of the molecule is CC(CCc1ccc(N)nc1)N[C@H](C)c1ccccc1. The molecule has 0 saturated carbocycles. The number of anilines is 1. The maximum absolute atomic E-state index is 5.59. The fourth-order valence-corrected chi connectivity index (χ4v) is 2.32. The van der Waals surface area contributed by atoms with Crippen molar-refractivity contribution in [2.75, 3.05) is 5.73 Å². The fraction of sp³-hybridized carbons (Fsp3) is 0.353. The summed E-state index contributed by atoms with van der Waals surface area (Å²) in [4.78, 5) is 4.12. The predicted molar refractivity (Wildman–Crippen MR) is 84.4 cm³/mol. The Labute approximate surface area is 121 Å². The van der Waals surface area contributed by atoms with E-state index >= 15 is 0 Å². The van der Waals surface area contributed by atoms with Crippen LogP contribution in [0.3, 0.4) is 0 Å². The van der Waals surface area contributed by atoms with Crippen LogP contribution in [0.5, 0.6) is 0 Å². The zero-order valence-electron chi connectivity index (χ0n) is 12.2. The van der Waals surface area contributed by atoms with Crippen LogP contribution in [0.1, 0.15) is 37.4 Å². The Kier molecular flexibility index (Phi) is 5.13. The number of nitrogen functional groups attached to an aromatic ring is 1. The Balaban J connectivity index is 1.80. The van der Waals surface area contributed by atoms with Crippen LogP contribution < -0.4 is 11.1 Å². The highest BCUT2D eigenvalue weighted by Crippen LogP contribution is 2.14. The Bertz CT molecular complexity index is 508. The highest BCUT2D eigenvalue weighted by Gasteiger charge is 2.09. The monoisotopic (exact) mass is 269 g/mol. The second-order valence-corrected chi connectivity index (χ2v) is 5.33. The zero-order valence-corrected chi connectivity index (χ0v) is 12.2. The maximum atomic E-state index is 5.59. The standard InChI is InChI=1S/C17H23N3/c1-13(8-9-15-10-11-17(18)19-12-15)20-14(2)16-6-4-3-5-7-16/h3-7,10-14,20H,8-9H2,1-2H3,(H2,18,19)/t13?,14-/m1/s1. The van der Waals surface area contributed by atoms with Gasteiger partial charge in [-0.25, -0.2) is 4.98 Å². The van der Waals surface area contributed by atoms with Crippen LogP contribution in [0.25, 0.3) is 0 Å².